The van der Waals surface area contributed by atoms with Crippen LogP contribution in [0.25, 0.3) is 21.9 Å². The molecule has 0 bridgehead atoms. The molecule has 0 amide bonds. The molecule has 14 heteroatoms. The number of benzene rings is 4. The maximum absolute atomic E-state index is 17.1. The lowest BCUT2D eigenvalue weighted by atomic mass is 9.90. The molecule has 2 heterocycles. The lowest BCUT2D eigenvalue weighted by molar-refractivity contribution is -0.145. The number of hydrogen-bond acceptors (Lipinski definition) is 6. The average Bonchev–Trinajstić information content (AvgIpc) is 3.08. The number of alkyl halides is 5. The largest absolute Gasteiger partial charge is 0.497 e. The summed E-state index contributed by atoms with van der Waals surface area (Å²) in [6.07, 6.45) is -4.94. The highest BCUT2D eigenvalue weighted by atomic mass is 32.2. The van der Waals surface area contributed by atoms with Gasteiger partial charge in [-0.2, -0.15) is 26.3 Å². The first-order chi connectivity index (χ1) is 23.2. The summed E-state index contributed by atoms with van der Waals surface area (Å²) >= 11 is 0. The Hall–Kier alpha value is -5.08. The third-order valence-corrected chi connectivity index (χ3v) is 10.3. The third kappa shape index (κ3) is 5.95. The van der Waals surface area contributed by atoms with Crippen LogP contribution in [0.3, 0.4) is 0 Å². The van der Waals surface area contributed by atoms with Crippen LogP contribution in [0, 0.1) is 0 Å². The number of rotatable bonds is 7. The van der Waals surface area contributed by atoms with Crippen LogP contribution >= 0.6 is 0 Å². The summed E-state index contributed by atoms with van der Waals surface area (Å²) in [4.78, 5) is 27.0. The number of carbonyl (C=O) groups is 1. The Bertz CT molecular complexity index is 2250. The van der Waals surface area contributed by atoms with E-state index in [-0.39, 0.29) is 11.9 Å². The Morgan fingerprint density at radius 1 is 0.857 bits per heavy atom. The first kappa shape index (κ1) is 33.8. The monoisotopic (exact) mass is 698 g/mol. The van der Waals surface area contributed by atoms with Gasteiger partial charge in [0.15, 0.2) is 5.03 Å². The highest BCUT2D eigenvalue weighted by molar-refractivity contribution is 7.89. The molecule has 1 aliphatic rings. The van der Waals surface area contributed by atoms with Gasteiger partial charge < -0.3 is 9.47 Å². The predicted octanol–water partition coefficient (Wildman–Crippen LogP) is 6.75. The number of ether oxygens (including phenoxy) is 2. The zero-order valence-electron chi connectivity index (χ0n) is 25.9. The van der Waals surface area contributed by atoms with Crippen LogP contribution in [0.5, 0.6) is 5.75 Å². The van der Waals surface area contributed by atoms with Crippen LogP contribution in [-0.2, 0) is 38.2 Å². The van der Waals surface area contributed by atoms with Gasteiger partial charge in [0.05, 0.1) is 19.8 Å². The fraction of sp³-hybridized carbons (Fsp3) is 0.200. The van der Waals surface area contributed by atoms with Crippen molar-refractivity contribution in [2.45, 2.75) is 29.7 Å². The van der Waals surface area contributed by atoms with Crippen LogP contribution in [0.4, 0.5) is 22.0 Å². The molecule has 0 fully saturated rings. The molecule has 1 aromatic heterocycles. The molecule has 0 saturated carbocycles. The van der Waals surface area contributed by atoms with E-state index in [1.165, 1.54) is 25.3 Å². The molecule has 49 heavy (non-hydrogen) atoms. The Kier molecular flexibility index (Phi) is 8.57. The standard InChI is InChI=1S/C35H27F5N2O6S/c1-47-25-15-13-21(14-16-25)19-41-20-29(33(44)48-2)42-30(43)18-28(34(36,37)27-12-6-8-22-7-3-4-11-26(22)27)31(32(42)49(41,45)46)23-9-5-10-24(17-23)35(38,39)40/h3-18,29H,19-20H2,1-2H3. The van der Waals surface area contributed by atoms with E-state index in [0.29, 0.717) is 39.5 Å². The fourth-order valence-electron chi connectivity index (χ4n) is 6.07. The van der Waals surface area contributed by atoms with Crippen molar-refractivity contribution in [2.24, 2.45) is 0 Å². The lowest BCUT2D eigenvalue weighted by Gasteiger charge is -2.36. The number of hydrogen-bond donors (Lipinski definition) is 0. The first-order valence-electron chi connectivity index (χ1n) is 14.7. The molecule has 8 nitrogen and oxygen atoms in total. The minimum atomic E-state index is -4.99. The van der Waals surface area contributed by atoms with Crippen molar-refractivity contribution < 1.29 is 44.6 Å². The lowest BCUT2D eigenvalue weighted by Crippen LogP contribution is -2.50. The average molecular weight is 699 g/mol. The summed E-state index contributed by atoms with van der Waals surface area (Å²) in [5.41, 5.74) is -5.33. The van der Waals surface area contributed by atoms with Crippen molar-refractivity contribution in [3.8, 4) is 16.9 Å². The van der Waals surface area contributed by atoms with Gasteiger partial charge in [0.2, 0.25) is 0 Å². The quantitative estimate of drug-likeness (QED) is 0.138. The number of pyridine rings is 1. The van der Waals surface area contributed by atoms with E-state index in [9.17, 15) is 31.2 Å². The summed E-state index contributed by atoms with van der Waals surface area (Å²) in [6, 6.07) is 18.4. The van der Waals surface area contributed by atoms with Crippen LogP contribution < -0.4 is 10.3 Å². The van der Waals surface area contributed by atoms with Gasteiger partial charge in [0.25, 0.3) is 21.5 Å². The Balaban J connectivity index is 1.71. The zero-order chi connectivity index (χ0) is 35.3. The van der Waals surface area contributed by atoms with Gasteiger partial charge in [-0.15, -0.1) is 0 Å². The highest BCUT2D eigenvalue weighted by Crippen LogP contribution is 2.47. The van der Waals surface area contributed by atoms with Crippen LogP contribution in [-0.4, -0.2) is 44.0 Å². The van der Waals surface area contributed by atoms with Crippen molar-refractivity contribution in [1.29, 1.82) is 0 Å². The summed E-state index contributed by atoms with van der Waals surface area (Å²) in [7, 11) is -2.55. The molecular weight excluding hydrogens is 671 g/mol. The minimum absolute atomic E-state index is 0.0687. The summed E-state index contributed by atoms with van der Waals surface area (Å²) in [5.74, 6) is -4.74. The summed E-state index contributed by atoms with van der Waals surface area (Å²) in [6.45, 7) is -1.02. The maximum Gasteiger partial charge on any atom is 0.416 e. The molecule has 254 valence electrons. The van der Waals surface area contributed by atoms with Gasteiger partial charge >= 0.3 is 12.1 Å². The van der Waals surface area contributed by atoms with E-state index in [4.69, 9.17) is 9.47 Å². The van der Waals surface area contributed by atoms with Gasteiger partial charge in [-0.05, 0) is 46.2 Å². The van der Waals surface area contributed by atoms with Gasteiger partial charge in [0.1, 0.15) is 11.8 Å². The molecule has 0 N–H and O–H groups in total. The number of fused-ring (bicyclic) bond motifs is 2. The molecule has 1 unspecified atom stereocenters. The number of nitrogens with zero attached hydrogens (tertiary/aromatic N) is 2. The van der Waals surface area contributed by atoms with E-state index in [1.807, 2.05) is 0 Å². The molecule has 6 rings (SSSR count). The second kappa shape index (κ2) is 12.4. The summed E-state index contributed by atoms with van der Waals surface area (Å²) in [5, 5.41) is -0.595. The molecule has 1 atom stereocenters. The van der Waals surface area contributed by atoms with E-state index >= 15 is 8.78 Å². The second-order valence-corrected chi connectivity index (χ2v) is 13.2. The molecule has 5 aromatic rings. The molecule has 0 radical (unpaired) electrons. The predicted molar refractivity (Wildman–Crippen MR) is 170 cm³/mol. The number of carbonyl (C=O) groups excluding carboxylic acids is 1. The number of esters is 1. The number of aromatic nitrogens is 1. The Morgan fingerprint density at radius 3 is 2.20 bits per heavy atom. The number of sulfonamides is 1. The van der Waals surface area contributed by atoms with Gasteiger partial charge in [0, 0.05) is 35.8 Å². The zero-order valence-corrected chi connectivity index (χ0v) is 26.7. The molecule has 1 aliphatic heterocycles. The maximum atomic E-state index is 17.1. The van der Waals surface area contributed by atoms with Gasteiger partial charge in [-0.25, -0.2) is 13.2 Å². The SMILES string of the molecule is COC(=O)C1CN(Cc2ccc(OC)cc2)S(=O)(=O)c2c(-c3cccc(C(F)(F)F)c3)c(C(F)(F)c3cccc4ccccc34)cc(=O)n21. The fourth-order valence-corrected chi connectivity index (χ4v) is 7.92. The van der Waals surface area contributed by atoms with Gasteiger partial charge in [-0.3, -0.25) is 9.36 Å². The topological polar surface area (TPSA) is 94.9 Å². The molecule has 0 saturated heterocycles. The summed E-state index contributed by atoms with van der Waals surface area (Å²) < 4.78 is 117. The van der Waals surface area contributed by atoms with Crippen molar-refractivity contribution in [2.75, 3.05) is 20.8 Å². The highest BCUT2D eigenvalue weighted by Gasteiger charge is 2.48. The smallest absolute Gasteiger partial charge is 0.416 e. The van der Waals surface area contributed by atoms with Crippen molar-refractivity contribution >= 4 is 26.8 Å². The van der Waals surface area contributed by atoms with E-state index in [0.717, 1.165) is 29.6 Å². The van der Waals surface area contributed by atoms with E-state index in [1.54, 1.807) is 42.5 Å². The molecule has 0 spiro atoms. The van der Waals surface area contributed by atoms with Gasteiger partial charge in [-0.1, -0.05) is 66.7 Å². The minimum Gasteiger partial charge on any atom is -0.497 e. The normalized spacial score (nSPS) is 16.3. The third-order valence-electron chi connectivity index (χ3n) is 8.42. The number of methoxy groups -OCH3 is 2. The van der Waals surface area contributed by atoms with Crippen molar-refractivity contribution in [1.82, 2.24) is 8.87 Å². The number of halogens is 5. The van der Waals surface area contributed by atoms with Crippen molar-refractivity contribution in [3.05, 3.63) is 130 Å². The van der Waals surface area contributed by atoms with E-state index in [2.05, 4.69) is 0 Å². The Morgan fingerprint density at radius 2 is 1.53 bits per heavy atom. The van der Waals surface area contributed by atoms with Crippen molar-refractivity contribution in [3.63, 3.8) is 0 Å². The molecular formula is C35H27F5N2O6S. The van der Waals surface area contributed by atoms with E-state index < -0.39 is 79.1 Å². The molecule has 0 aliphatic carbocycles. The molecule has 4 aromatic carbocycles. The van der Waals surface area contributed by atoms with Crippen LogP contribution in [0.2, 0.25) is 0 Å². The Labute approximate surface area is 277 Å². The van der Waals surface area contributed by atoms with Crippen LogP contribution in [0.15, 0.2) is 107 Å². The van der Waals surface area contributed by atoms with Crippen LogP contribution in [0.1, 0.15) is 28.3 Å². The first-order valence-corrected chi connectivity index (χ1v) is 16.2. The second-order valence-electron chi connectivity index (χ2n) is 11.3.